The van der Waals surface area contributed by atoms with Crippen LogP contribution >= 0.6 is 0 Å². The number of aromatic nitrogens is 2. The van der Waals surface area contributed by atoms with Crippen LogP contribution in [-0.2, 0) is 7.05 Å². The van der Waals surface area contributed by atoms with Crippen molar-refractivity contribution in [3.8, 4) is 39.2 Å². The average Bonchev–Trinajstić information content (AvgIpc) is 3.34. The third kappa shape index (κ3) is 3.84. The predicted molar refractivity (Wildman–Crippen MR) is 163 cm³/mol. The van der Waals surface area contributed by atoms with Gasteiger partial charge in [-0.25, -0.2) is 4.57 Å². The van der Waals surface area contributed by atoms with Gasteiger partial charge in [-0.2, -0.15) is 0 Å². The smallest absolute Gasteiger partial charge is 0.212 e. The minimum atomic E-state index is 1.16. The van der Waals surface area contributed by atoms with Crippen molar-refractivity contribution in [2.24, 2.45) is 7.05 Å². The molecule has 5 aromatic carbocycles. The molecule has 0 atom stereocenters. The summed E-state index contributed by atoms with van der Waals surface area (Å²) in [5.41, 5.74) is 12.2. The number of nitrogens with zero attached hydrogens (tertiary/aromatic N) is 2. The van der Waals surface area contributed by atoms with E-state index < -0.39 is 0 Å². The molecule has 0 bridgehead atoms. The van der Waals surface area contributed by atoms with Crippen LogP contribution in [0.25, 0.3) is 61.0 Å². The van der Waals surface area contributed by atoms with Crippen LogP contribution in [-0.4, -0.2) is 4.57 Å². The van der Waals surface area contributed by atoms with E-state index in [1.54, 1.807) is 0 Å². The van der Waals surface area contributed by atoms with Gasteiger partial charge in [-0.3, -0.25) is 0 Å². The fraction of sp³-hybridized carbons (Fsp3) is 0.0541. The highest BCUT2D eigenvalue weighted by Crippen LogP contribution is 2.42. The van der Waals surface area contributed by atoms with E-state index in [0.717, 1.165) is 5.69 Å². The Labute approximate surface area is 229 Å². The lowest BCUT2D eigenvalue weighted by atomic mass is 10.0. The van der Waals surface area contributed by atoms with Crippen LogP contribution in [0.4, 0.5) is 0 Å². The van der Waals surface area contributed by atoms with Crippen LogP contribution in [0.2, 0.25) is 0 Å². The molecule has 2 nitrogen and oxygen atoms in total. The fourth-order valence-corrected chi connectivity index (χ4v) is 5.90. The van der Waals surface area contributed by atoms with Crippen molar-refractivity contribution in [2.75, 3.05) is 0 Å². The summed E-state index contributed by atoms with van der Waals surface area (Å²) >= 11 is 0. The highest BCUT2D eigenvalue weighted by Gasteiger charge is 2.21. The van der Waals surface area contributed by atoms with Gasteiger partial charge in [0.1, 0.15) is 7.05 Å². The van der Waals surface area contributed by atoms with Gasteiger partial charge in [0.2, 0.25) is 5.69 Å². The van der Waals surface area contributed by atoms with Crippen LogP contribution < -0.4 is 4.57 Å². The first-order valence-corrected chi connectivity index (χ1v) is 13.4. The van der Waals surface area contributed by atoms with E-state index in [1.807, 2.05) is 0 Å². The highest BCUT2D eigenvalue weighted by atomic mass is 15.0. The highest BCUT2D eigenvalue weighted by molar-refractivity contribution is 6.17. The molecule has 2 heteroatoms. The van der Waals surface area contributed by atoms with Crippen LogP contribution in [0, 0.1) is 6.92 Å². The van der Waals surface area contributed by atoms with Gasteiger partial charge in [0, 0.05) is 39.7 Å². The maximum Gasteiger partial charge on any atom is 0.212 e. The lowest BCUT2D eigenvalue weighted by Crippen LogP contribution is -2.30. The topological polar surface area (TPSA) is 8.81 Å². The molecule has 0 fully saturated rings. The largest absolute Gasteiger partial charge is 0.308 e. The van der Waals surface area contributed by atoms with E-state index in [2.05, 4.69) is 163 Å². The van der Waals surface area contributed by atoms with E-state index in [0.29, 0.717) is 0 Å². The first kappa shape index (κ1) is 23.2. The second kappa shape index (κ2) is 9.41. The number of hydrogen-bond donors (Lipinski definition) is 0. The Morgan fingerprint density at radius 2 is 1.08 bits per heavy atom. The zero-order valence-corrected chi connectivity index (χ0v) is 22.2. The van der Waals surface area contributed by atoms with Crippen molar-refractivity contribution in [2.45, 2.75) is 6.92 Å². The first-order chi connectivity index (χ1) is 19.2. The third-order valence-corrected chi connectivity index (χ3v) is 7.79. The quantitative estimate of drug-likeness (QED) is 0.213. The Morgan fingerprint density at radius 3 is 1.64 bits per heavy atom. The normalized spacial score (nSPS) is 11.3. The number of pyridine rings is 1. The van der Waals surface area contributed by atoms with Gasteiger partial charge in [-0.05, 0) is 41.8 Å². The summed E-state index contributed by atoms with van der Waals surface area (Å²) in [4.78, 5) is 0. The second-order valence-electron chi connectivity index (χ2n) is 10.2. The summed E-state index contributed by atoms with van der Waals surface area (Å²) in [6, 6.07) is 48.2. The maximum atomic E-state index is 2.49. The first-order valence-electron chi connectivity index (χ1n) is 13.4. The molecular formula is C37H29N2+. The van der Waals surface area contributed by atoms with Gasteiger partial charge in [-0.15, -0.1) is 0 Å². The molecule has 186 valence electrons. The minimum Gasteiger partial charge on any atom is -0.308 e. The Bertz CT molecular complexity index is 1870. The van der Waals surface area contributed by atoms with Crippen molar-refractivity contribution in [1.29, 1.82) is 0 Å². The van der Waals surface area contributed by atoms with Gasteiger partial charge >= 0.3 is 0 Å². The Kier molecular flexibility index (Phi) is 5.60. The minimum absolute atomic E-state index is 1.16. The molecule has 0 saturated carbocycles. The predicted octanol–water partition coefficient (Wildman–Crippen LogP) is 8.92. The molecule has 39 heavy (non-hydrogen) atoms. The van der Waals surface area contributed by atoms with Crippen molar-refractivity contribution < 1.29 is 4.57 Å². The third-order valence-electron chi connectivity index (χ3n) is 7.79. The molecule has 0 aliphatic rings. The van der Waals surface area contributed by atoms with Crippen LogP contribution in [0.1, 0.15) is 5.56 Å². The summed E-state index contributed by atoms with van der Waals surface area (Å²) in [6.45, 7) is 2.20. The van der Waals surface area contributed by atoms with Gasteiger partial charge in [-0.1, -0.05) is 103 Å². The number of benzene rings is 5. The number of fused-ring (bicyclic) bond motifs is 3. The van der Waals surface area contributed by atoms with E-state index in [4.69, 9.17) is 0 Å². The van der Waals surface area contributed by atoms with Crippen LogP contribution in [0.3, 0.4) is 0 Å². The molecule has 0 aliphatic heterocycles. The zero-order chi connectivity index (χ0) is 26.3. The number of rotatable bonds is 4. The maximum absolute atomic E-state index is 2.49. The summed E-state index contributed by atoms with van der Waals surface area (Å²) in [6.07, 6.45) is 2.11. The summed E-state index contributed by atoms with van der Waals surface area (Å²) < 4.78 is 4.68. The Morgan fingerprint density at radius 1 is 0.513 bits per heavy atom. The Hall–Kier alpha value is -4.95. The van der Waals surface area contributed by atoms with Gasteiger partial charge in [0.25, 0.3) is 0 Å². The van der Waals surface area contributed by atoms with E-state index in [1.165, 1.54) is 60.9 Å². The van der Waals surface area contributed by atoms with Gasteiger partial charge in [0.15, 0.2) is 6.20 Å². The fourth-order valence-electron chi connectivity index (χ4n) is 5.90. The number of aryl methyl sites for hydroxylation is 2. The lowest BCUT2D eigenvalue weighted by molar-refractivity contribution is -0.660. The second-order valence-corrected chi connectivity index (χ2v) is 10.2. The Balaban J connectivity index is 1.64. The zero-order valence-electron chi connectivity index (χ0n) is 22.2. The molecule has 0 saturated heterocycles. The van der Waals surface area contributed by atoms with Gasteiger partial charge < -0.3 is 4.57 Å². The van der Waals surface area contributed by atoms with E-state index in [-0.39, 0.29) is 0 Å². The summed E-state index contributed by atoms with van der Waals surface area (Å²) in [5.74, 6) is 0. The summed E-state index contributed by atoms with van der Waals surface area (Å²) in [5, 5.41) is 2.52. The van der Waals surface area contributed by atoms with Gasteiger partial charge in [0.05, 0.1) is 16.6 Å². The van der Waals surface area contributed by atoms with E-state index >= 15 is 0 Å². The van der Waals surface area contributed by atoms with Crippen molar-refractivity contribution >= 4 is 21.8 Å². The molecule has 2 heterocycles. The molecule has 2 aromatic heterocycles. The molecule has 0 amide bonds. The standard InChI is InChI=1S/C37H29N2/c1-26-22-23-29(25-34(26)35-21-9-10-24-38(35)2)39-36-30(27-13-5-3-6-14-27)17-11-19-32(36)33-20-12-18-31(37(33)39)28-15-7-4-8-16-28/h3-25H,1-2H3/q+1. The van der Waals surface area contributed by atoms with Crippen LogP contribution in [0.5, 0.6) is 0 Å². The molecule has 0 N–H and O–H groups in total. The SMILES string of the molecule is Cc1ccc(-n2c3c(-c4ccccc4)cccc3c3cccc(-c4ccccc4)c32)cc1-c1cccc[n+]1C. The lowest BCUT2D eigenvalue weighted by Gasteiger charge is -2.15. The summed E-state index contributed by atoms with van der Waals surface area (Å²) in [7, 11) is 2.11. The molecule has 7 rings (SSSR count). The van der Waals surface area contributed by atoms with Crippen molar-refractivity contribution in [3.63, 3.8) is 0 Å². The van der Waals surface area contributed by atoms with Crippen molar-refractivity contribution in [1.82, 2.24) is 4.57 Å². The average molecular weight is 502 g/mol. The molecular weight excluding hydrogens is 472 g/mol. The van der Waals surface area contributed by atoms with E-state index in [9.17, 15) is 0 Å². The number of para-hydroxylation sites is 2. The monoisotopic (exact) mass is 501 g/mol. The van der Waals surface area contributed by atoms with Crippen LogP contribution in [0.15, 0.2) is 140 Å². The molecule has 0 radical (unpaired) electrons. The molecule has 7 aromatic rings. The van der Waals surface area contributed by atoms with Crippen molar-refractivity contribution in [3.05, 3.63) is 145 Å². The molecule has 0 aliphatic carbocycles. The molecule has 0 spiro atoms. The molecule has 0 unspecified atom stereocenters. The number of hydrogen-bond acceptors (Lipinski definition) is 0.